The topological polar surface area (TPSA) is 139 Å². The van der Waals surface area contributed by atoms with Crippen molar-refractivity contribution in [3.63, 3.8) is 0 Å². The van der Waals surface area contributed by atoms with Gasteiger partial charge < -0.3 is 19.9 Å². The molecule has 11 nitrogen and oxygen atoms in total. The minimum absolute atomic E-state index is 0.0893. The maximum atomic E-state index is 13.6. The zero-order chi connectivity index (χ0) is 30.5. The molecule has 1 aromatic heterocycles. The van der Waals surface area contributed by atoms with E-state index in [1.165, 1.54) is 4.31 Å². The van der Waals surface area contributed by atoms with E-state index in [2.05, 4.69) is 10.6 Å². The molecule has 0 bridgehead atoms. The van der Waals surface area contributed by atoms with Crippen molar-refractivity contribution in [2.24, 2.45) is 7.05 Å². The van der Waals surface area contributed by atoms with E-state index in [0.29, 0.717) is 53.4 Å². The highest BCUT2D eigenvalue weighted by Crippen LogP contribution is 2.33. The molecule has 2 heterocycles. The number of aryl methyl sites for hydroxylation is 1. The Bertz CT molecular complexity index is 1570. The summed E-state index contributed by atoms with van der Waals surface area (Å²) in [5.41, 5.74) is 1.20. The smallest absolute Gasteiger partial charge is 0.407 e. The molecule has 0 spiro atoms. The Morgan fingerprint density at radius 2 is 1.74 bits per heavy atom. The monoisotopic (exact) mass is 637 g/mol. The molecule has 1 saturated heterocycles. The first-order chi connectivity index (χ1) is 19.9. The number of alkyl carbamates (subject to hydrolysis) is 1. The van der Waals surface area contributed by atoms with E-state index < -0.39 is 27.7 Å². The van der Waals surface area contributed by atoms with Crippen LogP contribution in [0.1, 0.15) is 48.7 Å². The van der Waals surface area contributed by atoms with E-state index in [0.717, 1.165) is 18.0 Å². The van der Waals surface area contributed by atoms with Crippen LogP contribution in [0, 0.1) is 0 Å². The van der Waals surface area contributed by atoms with E-state index >= 15 is 0 Å². The van der Waals surface area contributed by atoms with E-state index in [9.17, 15) is 22.8 Å². The highest BCUT2D eigenvalue weighted by Gasteiger charge is 2.39. The zero-order valence-corrected chi connectivity index (χ0v) is 25.6. The van der Waals surface area contributed by atoms with Crippen molar-refractivity contribution < 1.29 is 27.5 Å². The summed E-state index contributed by atoms with van der Waals surface area (Å²) >= 11 is 12.6. The summed E-state index contributed by atoms with van der Waals surface area (Å²) in [6, 6.07) is 14.4. The Morgan fingerprint density at radius 1 is 1.05 bits per heavy atom. The number of ether oxygens (including phenoxy) is 1. The number of nitrogens with one attached hydrogen (secondary N) is 3. The van der Waals surface area contributed by atoms with Crippen molar-refractivity contribution in [2.75, 3.05) is 19.6 Å². The molecule has 0 unspecified atom stereocenters. The van der Waals surface area contributed by atoms with Crippen LogP contribution in [0.3, 0.4) is 0 Å². The van der Waals surface area contributed by atoms with Crippen molar-refractivity contribution in [3.8, 4) is 0 Å². The van der Waals surface area contributed by atoms with Gasteiger partial charge in [-0.25, -0.2) is 9.52 Å². The van der Waals surface area contributed by atoms with Gasteiger partial charge in [0.2, 0.25) is 5.91 Å². The lowest BCUT2D eigenvalue weighted by molar-refractivity contribution is -0.117. The Kier molecular flexibility index (Phi) is 10.0. The number of halogens is 2. The largest absolute Gasteiger partial charge is 0.445 e. The normalized spacial score (nSPS) is 15.2. The lowest BCUT2D eigenvalue weighted by Gasteiger charge is -2.42. The van der Waals surface area contributed by atoms with Crippen LogP contribution in [-0.2, 0) is 33.4 Å². The minimum atomic E-state index is -4.00. The quantitative estimate of drug-likeness (QED) is 0.286. The average Bonchev–Trinajstić information content (AvgIpc) is 3.29. The Hall–Kier alpha value is -3.32. The van der Waals surface area contributed by atoms with Crippen molar-refractivity contribution in [2.45, 2.75) is 44.8 Å². The second kappa shape index (κ2) is 13.3. The van der Waals surface area contributed by atoms with Crippen LogP contribution in [0.5, 0.6) is 0 Å². The predicted molar refractivity (Wildman–Crippen MR) is 161 cm³/mol. The number of amides is 3. The van der Waals surface area contributed by atoms with E-state index in [4.69, 9.17) is 27.9 Å². The molecule has 14 heteroatoms. The van der Waals surface area contributed by atoms with Gasteiger partial charge >= 0.3 is 16.3 Å². The fourth-order valence-electron chi connectivity index (χ4n) is 5.10. The molecule has 0 radical (unpaired) electrons. The zero-order valence-electron chi connectivity index (χ0n) is 23.3. The van der Waals surface area contributed by atoms with Gasteiger partial charge in [-0.15, -0.1) is 0 Å². The lowest BCUT2D eigenvalue weighted by atomic mass is 9.83. The van der Waals surface area contributed by atoms with Gasteiger partial charge in [-0.3, -0.25) is 9.59 Å². The Labute approximate surface area is 254 Å². The van der Waals surface area contributed by atoms with Gasteiger partial charge in [0.1, 0.15) is 12.3 Å². The first kappa shape index (κ1) is 31.6. The first-order valence-electron chi connectivity index (χ1n) is 13.4. The Balaban J connectivity index is 1.44. The summed E-state index contributed by atoms with van der Waals surface area (Å²) in [6.07, 6.45) is 0.996. The number of aromatic nitrogens is 1. The molecular formula is C28H33Cl2N5O6S. The van der Waals surface area contributed by atoms with E-state index in [1.807, 2.05) is 35.1 Å². The molecule has 1 fully saturated rings. The molecule has 3 aromatic rings. The van der Waals surface area contributed by atoms with Crippen molar-refractivity contribution in [1.29, 1.82) is 0 Å². The molecule has 0 saturated carbocycles. The van der Waals surface area contributed by atoms with Gasteiger partial charge in [0.05, 0.1) is 10.0 Å². The third-order valence-corrected chi connectivity index (χ3v) is 9.74. The number of hydrogen-bond donors (Lipinski definition) is 3. The molecule has 4 rings (SSSR count). The number of fused-ring (bicyclic) bond motifs is 1. The van der Waals surface area contributed by atoms with Gasteiger partial charge in [0, 0.05) is 50.0 Å². The molecule has 42 heavy (non-hydrogen) atoms. The maximum Gasteiger partial charge on any atom is 0.407 e. The van der Waals surface area contributed by atoms with Crippen LogP contribution in [0.25, 0.3) is 10.9 Å². The molecule has 3 N–H and O–H groups in total. The summed E-state index contributed by atoms with van der Waals surface area (Å²) in [4.78, 5) is 37.2. The summed E-state index contributed by atoms with van der Waals surface area (Å²) in [6.45, 7) is 1.75. The van der Waals surface area contributed by atoms with Gasteiger partial charge in [-0.1, -0.05) is 53.5 Å². The summed E-state index contributed by atoms with van der Waals surface area (Å²) < 4.78 is 35.3. The molecule has 1 aliphatic heterocycles. The molecule has 3 amide bonds. The number of piperidine rings is 1. The number of benzene rings is 2. The number of rotatable bonds is 10. The summed E-state index contributed by atoms with van der Waals surface area (Å²) in [5, 5.41) is 7.23. The van der Waals surface area contributed by atoms with Crippen LogP contribution in [-0.4, -0.2) is 60.4 Å². The molecule has 0 atom stereocenters. The maximum absolute atomic E-state index is 13.6. The molecule has 226 valence electrons. The van der Waals surface area contributed by atoms with Crippen LogP contribution in [0.4, 0.5) is 4.79 Å². The van der Waals surface area contributed by atoms with E-state index in [1.54, 1.807) is 29.8 Å². The summed E-state index contributed by atoms with van der Waals surface area (Å²) in [5.74, 6) is -1.03. The van der Waals surface area contributed by atoms with Gasteiger partial charge in [0.15, 0.2) is 0 Å². The standard InChI is InChI=1S/C28H33Cl2N5O6S/c1-19(36)33-42(39,40)35-15-12-28(13-16-35,11-6-14-31-27(38)41-18-20-7-4-3-5-8-20)32-26(37)24-17-21-23(34(24)2)10-9-22(29)25(21)30/h3-5,7-10,17H,6,11-16,18H2,1-2H3,(H,31,38)(H,32,37)(H,33,36). The predicted octanol–water partition coefficient (Wildman–Crippen LogP) is 4.14. The molecular weight excluding hydrogens is 605 g/mol. The van der Waals surface area contributed by atoms with Crippen molar-refractivity contribution in [3.05, 3.63) is 69.8 Å². The highest BCUT2D eigenvalue weighted by atomic mass is 35.5. The van der Waals surface area contributed by atoms with Gasteiger partial charge in [-0.05, 0) is 49.4 Å². The fourth-order valence-corrected chi connectivity index (χ4v) is 6.64. The third kappa shape index (κ3) is 7.54. The molecule has 1 aliphatic rings. The van der Waals surface area contributed by atoms with Crippen molar-refractivity contribution in [1.82, 2.24) is 24.2 Å². The minimum Gasteiger partial charge on any atom is -0.445 e. The van der Waals surface area contributed by atoms with Crippen LogP contribution in [0.2, 0.25) is 10.0 Å². The third-order valence-electron chi connectivity index (χ3n) is 7.33. The Morgan fingerprint density at radius 3 is 2.40 bits per heavy atom. The highest BCUT2D eigenvalue weighted by molar-refractivity contribution is 7.87. The number of nitrogens with zero attached hydrogens (tertiary/aromatic N) is 2. The van der Waals surface area contributed by atoms with E-state index in [-0.39, 0.29) is 25.6 Å². The van der Waals surface area contributed by atoms with Crippen LogP contribution >= 0.6 is 23.2 Å². The van der Waals surface area contributed by atoms with Gasteiger partial charge in [-0.2, -0.15) is 12.7 Å². The van der Waals surface area contributed by atoms with Crippen LogP contribution < -0.4 is 15.4 Å². The second-order valence-corrected chi connectivity index (χ2v) is 12.7. The molecule has 2 aromatic carbocycles. The van der Waals surface area contributed by atoms with Crippen molar-refractivity contribution >= 4 is 62.2 Å². The first-order valence-corrected chi connectivity index (χ1v) is 15.6. The van der Waals surface area contributed by atoms with Gasteiger partial charge in [0.25, 0.3) is 5.91 Å². The number of carbonyl (C=O) groups excluding carboxylic acids is 3. The fraction of sp³-hybridized carbons (Fsp3) is 0.393. The summed E-state index contributed by atoms with van der Waals surface area (Å²) in [7, 11) is -2.24. The second-order valence-electron chi connectivity index (χ2n) is 10.3. The SMILES string of the molecule is CC(=O)NS(=O)(=O)N1CCC(CCCNC(=O)OCc2ccccc2)(NC(=O)c2cc3c(Cl)c(Cl)ccc3n2C)CC1. The van der Waals surface area contributed by atoms with Crippen LogP contribution in [0.15, 0.2) is 48.5 Å². The lowest BCUT2D eigenvalue weighted by Crippen LogP contribution is -2.58. The number of hydrogen-bond acceptors (Lipinski definition) is 6. The number of carbonyl (C=O) groups is 3. The average molecular weight is 639 g/mol. The molecule has 0 aliphatic carbocycles.